The first-order valence-corrected chi connectivity index (χ1v) is 6.31. The molecule has 2 aromatic rings. The molecule has 84 valence electrons. The molecule has 0 saturated heterocycles. The molecule has 0 unspecified atom stereocenters. The van der Waals surface area contributed by atoms with E-state index in [0.29, 0.717) is 12.1 Å². The number of nitrogens with zero attached hydrogens (tertiary/aromatic N) is 3. The van der Waals surface area contributed by atoms with Crippen LogP contribution in [0.3, 0.4) is 0 Å². The largest absolute Gasteiger partial charge is 0.293 e. The molecule has 0 aliphatic heterocycles. The number of ketones is 1. The lowest BCUT2D eigenvalue weighted by Gasteiger charge is -1.92. The van der Waals surface area contributed by atoms with Gasteiger partial charge in [-0.3, -0.25) is 9.48 Å². The number of hydrogen-bond donors (Lipinski definition) is 0. The zero-order valence-corrected chi connectivity index (χ0v) is 11.3. The van der Waals surface area contributed by atoms with Crippen molar-refractivity contribution in [1.82, 2.24) is 15.0 Å². The van der Waals surface area contributed by atoms with Crippen LogP contribution in [0.4, 0.5) is 0 Å². The van der Waals surface area contributed by atoms with Crippen LogP contribution >= 0.6 is 27.3 Å². The van der Waals surface area contributed by atoms with Gasteiger partial charge in [-0.1, -0.05) is 5.21 Å². The summed E-state index contributed by atoms with van der Waals surface area (Å²) in [6.07, 6.45) is 2.06. The molecule has 0 radical (unpaired) electrons. The molecule has 0 spiro atoms. The molecule has 4 nitrogen and oxygen atoms in total. The second-order valence-electron chi connectivity index (χ2n) is 3.55. The Morgan fingerprint density at radius 1 is 1.62 bits per heavy atom. The van der Waals surface area contributed by atoms with Crippen molar-refractivity contribution in [3.05, 3.63) is 32.2 Å². The van der Waals surface area contributed by atoms with Gasteiger partial charge >= 0.3 is 0 Å². The molecule has 2 rings (SSSR count). The Morgan fingerprint density at radius 3 is 2.88 bits per heavy atom. The maximum atomic E-state index is 11.9. The van der Waals surface area contributed by atoms with E-state index in [0.717, 1.165) is 14.2 Å². The molecular weight excluding hydrogens is 290 g/mol. The minimum Gasteiger partial charge on any atom is -0.293 e. The molecule has 0 atom stereocenters. The number of thiophene rings is 1. The van der Waals surface area contributed by atoms with Crippen LogP contribution in [0.5, 0.6) is 0 Å². The molecule has 0 saturated carbocycles. The topological polar surface area (TPSA) is 47.8 Å². The number of rotatable bonds is 3. The summed E-state index contributed by atoms with van der Waals surface area (Å²) in [5.74, 6) is 0.0827. The van der Waals surface area contributed by atoms with Gasteiger partial charge in [0.05, 0.1) is 20.8 Å². The highest BCUT2D eigenvalue weighted by molar-refractivity contribution is 9.11. The number of carbonyl (C=O) groups excluding carboxylic acids is 1. The third-order valence-electron chi connectivity index (χ3n) is 2.12. The van der Waals surface area contributed by atoms with Gasteiger partial charge in [0.1, 0.15) is 0 Å². The van der Waals surface area contributed by atoms with Gasteiger partial charge in [0.2, 0.25) is 0 Å². The van der Waals surface area contributed by atoms with Gasteiger partial charge < -0.3 is 0 Å². The van der Waals surface area contributed by atoms with Gasteiger partial charge in [0, 0.05) is 13.2 Å². The van der Waals surface area contributed by atoms with E-state index in [9.17, 15) is 4.79 Å². The Labute approximate surface area is 105 Å². The number of halogens is 1. The molecular formula is C10H10BrN3OS. The van der Waals surface area contributed by atoms with Crippen LogP contribution in [-0.4, -0.2) is 20.8 Å². The average molecular weight is 300 g/mol. The zero-order valence-electron chi connectivity index (χ0n) is 8.90. The summed E-state index contributed by atoms with van der Waals surface area (Å²) in [7, 11) is 1.78. The maximum absolute atomic E-state index is 11.9. The van der Waals surface area contributed by atoms with Crippen LogP contribution in [-0.2, 0) is 13.5 Å². The van der Waals surface area contributed by atoms with Gasteiger partial charge in [-0.25, -0.2) is 0 Å². The molecule has 6 heteroatoms. The summed E-state index contributed by atoms with van der Waals surface area (Å²) in [6.45, 7) is 1.97. The van der Waals surface area contributed by atoms with Gasteiger partial charge in [0.15, 0.2) is 5.78 Å². The first kappa shape index (κ1) is 11.5. The molecule has 0 bridgehead atoms. The van der Waals surface area contributed by atoms with E-state index < -0.39 is 0 Å². The van der Waals surface area contributed by atoms with Crippen molar-refractivity contribution in [2.24, 2.45) is 7.05 Å². The van der Waals surface area contributed by atoms with E-state index in [4.69, 9.17) is 0 Å². The molecule has 0 aliphatic rings. The third kappa shape index (κ3) is 2.38. The molecule has 0 N–H and O–H groups in total. The fourth-order valence-corrected chi connectivity index (χ4v) is 2.80. The Kier molecular flexibility index (Phi) is 3.20. The van der Waals surface area contributed by atoms with Crippen LogP contribution in [0, 0.1) is 6.92 Å². The average Bonchev–Trinajstić information content (AvgIpc) is 2.75. The maximum Gasteiger partial charge on any atom is 0.178 e. The van der Waals surface area contributed by atoms with Gasteiger partial charge in [0.25, 0.3) is 0 Å². The first-order chi connectivity index (χ1) is 7.56. The molecule has 2 aromatic heterocycles. The quantitative estimate of drug-likeness (QED) is 0.818. The number of carbonyl (C=O) groups is 1. The Balaban J connectivity index is 2.14. The van der Waals surface area contributed by atoms with Crippen LogP contribution in [0.2, 0.25) is 0 Å². The monoisotopic (exact) mass is 299 g/mol. The van der Waals surface area contributed by atoms with Crippen molar-refractivity contribution >= 4 is 33.0 Å². The lowest BCUT2D eigenvalue weighted by molar-refractivity contribution is 0.0995. The molecule has 2 heterocycles. The second kappa shape index (κ2) is 4.47. The number of Topliss-reactive ketones (excluding diaryl/α,β-unsaturated/α-hetero) is 1. The van der Waals surface area contributed by atoms with E-state index in [1.54, 1.807) is 17.9 Å². The Morgan fingerprint density at radius 2 is 2.38 bits per heavy atom. The summed E-state index contributed by atoms with van der Waals surface area (Å²) in [5, 5.41) is 7.69. The number of hydrogen-bond acceptors (Lipinski definition) is 4. The summed E-state index contributed by atoms with van der Waals surface area (Å²) in [5.41, 5.74) is 1.79. The zero-order chi connectivity index (χ0) is 11.7. The van der Waals surface area contributed by atoms with Crippen molar-refractivity contribution in [3.8, 4) is 0 Å². The fraction of sp³-hybridized carbons (Fsp3) is 0.300. The van der Waals surface area contributed by atoms with E-state index >= 15 is 0 Å². The summed E-state index contributed by atoms with van der Waals surface area (Å²) in [6, 6.07) is 1.90. The van der Waals surface area contributed by atoms with Crippen LogP contribution < -0.4 is 0 Å². The molecule has 0 amide bonds. The highest BCUT2D eigenvalue weighted by Gasteiger charge is 2.13. The molecule has 0 aromatic carbocycles. The molecule has 16 heavy (non-hydrogen) atoms. The molecule has 0 aliphatic carbocycles. The standard InChI is InChI=1S/C10H10BrN3OS/c1-6-3-9(16-10(6)11)8(15)4-7-5-14(2)13-12-7/h3,5H,4H2,1-2H3. The van der Waals surface area contributed by atoms with E-state index in [-0.39, 0.29) is 5.78 Å². The molecule has 0 fully saturated rings. The highest BCUT2D eigenvalue weighted by Crippen LogP contribution is 2.28. The Hall–Kier alpha value is -1.01. The van der Waals surface area contributed by atoms with Gasteiger partial charge in [-0.05, 0) is 34.5 Å². The van der Waals surface area contributed by atoms with E-state index in [2.05, 4.69) is 26.2 Å². The van der Waals surface area contributed by atoms with Gasteiger partial charge in [-0.2, -0.15) is 0 Å². The summed E-state index contributed by atoms with van der Waals surface area (Å²) >= 11 is 4.87. The first-order valence-electron chi connectivity index (χ1n) is 4.70. The third-order valence-corrected chi connectivity index (χ3v) is 4.30. The lowest BCUT2D eigenvalue weighted by atomic mass is 10.2. The van der Waals surface area contributed by atoms with Crippen molar-refractivity contribution < 1.29 is 4.79 Å². The van der Waals surface area contributed by atoms with Crippen LogP contribution in [0.25, 0.3) is 0 Å². The minimum atomic E-state index is 0.0827. The smallest absolute Gasteiger partial charge is 0.178 e. The Bertz CT molecular complexity index is 512. The normalized spacial score (nSPS) is 10.7. The van der Waals surface area contributed by atoms with Crippen molar-refractivity contribution in [1.29, 1.82) is 0 Å². The second-order valence-corrected chi connectivity index (χ2v) is 5.92. The summed E-state index contributed by atoms with van der Waals surface area (Å²) < 4.78 is 2.60. The predicted molar refractivity (Wildman–Crippen MR) is 65.8 cm³/mol. The van der Waals surface area contributed by atoms with Crippen molar-refractivity contribution in [2.75, 3.05) is 0 Å². The number of aromatic nitrogens is 3. The fourth-order valence-electron chi connectivity index (χ4n) is 1.33. The SMILES string of the molecule is Cc1cc(C(=O)Cc2cn(C)nn2)sc1Br. The van der Waals surface area contributed by atoms with E-state index in [1.807, 2.05) is 13.0 Å². The lowest BCUT2D eigenvalue weighted by Crippen LogP contribution is -2.01. The minimum absolute atomic E-state index is 0.0827. The van der Waals surface area contributed by atoms with Crippen LogP contribution in [0.1, 0.15) is 20.9 Å². The highest BCUT2D eigenvalue weighted by atomic mass is 79.9. The van der Waals surface area contributed by atoms with E-state index in [1.165, 1.54) is 11.3 Å². The van der Waals surface area contributed by atoms with Crippen molar-refractivity contribution in [2.45, 2.75) is 13.3 Å². The van der Waals surface area contributed by atoms with Gasteiger partial charge in [-0.15, -0.1) is 16.4 Å². The van der Waals surface area contributed by atoms with Crippen molar-refractivity contribution in [3.63, 3.8) is 0 Å². The predicted octanol–water partition coefficient (Wildman–Crippen LogP) is 2.37. The number of aryl methyl sites for hydroxylation is 2. The van der Waals surface area contributed by atoms with Crippen LogP contribution in [0.15, 0.2) is 16.0 Å². The summed E-state index contributed by atoms with van der Waals surface area (Å²) in [4.78, 5) is 12.7.